The van der Waals surface area contributed by atoms with Gasteiger partial charge in [-0.2, -0.15) is 13.2 Å². The van der Waals surface area contributed by atoms with Gasteiger partial charge in [-0.25, -0.2) is 4.98 Å². The summed E-state index contributed by atoms with van der Waals surface area (Å²) in [7, 11) is 1.65. The Bertz CT molecular complexity index is 314. The average molecular weight is 220 g/mol. The summed E-state index contributed by atoms with van der Waals surface area (Å²) in [5, 5.41) is 2.77. The van der Waals surface area contributed by atoms with Crippen LogP contribution >= 0.6 is 0 Å². The number of anilines is 1. The maximum atomic E-state index is 11.8. The maximum Gasteiger partial charge on any atom is 0.411 e. The highest BCUT2D eigenvalue weighted by atomic mass is 19.4. The van der Waals surface area contributed by atoms with E-state index in [0.717, 1.165) is 0 Å². The number of halogens is 3. The van der Waals surface area contributed by atoms with E-state index in [-0.39, 0.29) is 6.61 Å². The van der Waals surface area contributed by atoms with Crippen LogP contribution in [-0.4, -0.2) is 24.8 Å². The summed E-state index contributed by atoms with van der Waals surface area (Å²) >= 11 is 0. The summed E-state index contributed by atoms with van der Waals surface area (Å²) in [5.41, 5.74) is 0.601. The van der Waals surface area contributed by atoms with Gasteiger partial charge in [-0.3, -0.25) is 0 Å². The molecule has 15 heavy (non-hydrogen) atoms. The van der Waals surface area contributed by atoms with E-state index in [2.05, 4.69) is 15.0 Å². The lowest BCUT2D eigenvalue weighted by atomic mass is 10.3. The number of alkyl halides is 3. The third kappa shape index (κ3) is 4.16. The van der Waals surface area contributed by atoms with Crippen LogP contribution < -0.4 is 5.32 Å². The molecule has 0 saturated carbocycles. The molecule has 1 aromatic heterocycles. The van der Waals surface area contributed by atoms with Crippen molar-refractivity contribution in [2.75, 3.05) is 19.0 Å². The van der Waals surface area contributed by atoms with E-state index in [1.807, 2.05) is 0 Å². The van der Waals surface area contributed by atoms with Crippen molar-refractivity contribution in [3.63, 3.8) is 0 Å². The van der Waals surface area contributed by atoms with E-state index in [9.17, 15) is 13.2 Å². The SMILES string of the molecule is CNc1ncccc1COCC(F)(F)F. The molecule has 0 saturated heterocycles. The van der Waals surface area contributed by atoms with Gasteiger partial charge in [0.15, 0.2) is 0 Å². The molecule has 0 unspecified atom stereocenters. The number of nitrogens with zero attached hydrogens (tertiary/aromatic N) is 1. The van der Waals surface area contributed by atoms with Gasteiger partial charge in [0.1, 0.15) is 12.4 Å². The second-order valence-corrected chi connectivity index (χ2v) is 2.87. The molecule has 6 heteroatoms. The summed E-state index contributed by atoms with van der Waals surface area (Å²) in [6.45, 7) is -1.35. The Morgan fingerprint density at radius 3 is 2.80 bits per heavy atom. The molecule has 1 aromatic rings. The van der Waals surface area contributed by atoms with Gasteiger partial charge in [0, 0.05) is 18.8 Å². The molecule has 0 bridgehead atoms. The number of hydrogen-bond acceptors (Lipinski definition) is 3. The Morgan fingerprint density at radius 2 is 2.20 bits per heavy atom. The van der Waals surface area contributed by atoms with E-state index in [1.54, 1.807) is 25.4 Å². The first-order valence-electron chi connectivity index (χ1n) is 4.29. The van der Waals surface area contributed by atoms with Crippen LogP contribution in [0.2, 0.25) is 0 Å². The fourth-order valence-electron chi connectivity index (χ4n) is 1.06. The minimum Gasteiger partial charge on any atom is -0.373 e. The zero-order chi connectivity index (χ0) is 11.3. The van der Waals surface area contributed by atoms with Crippen LogP contribution in [-0.2, 0) is 11.3 Å². The van der Waals surface area contributed by atoms with Gasteiger partial charge in [0.2, 0.25) is 0 Å². The van der Waals surface area contributed by atoms with Crippen LogP contribution in [0, 0.1) is 0 Å². The number of rotatable bonds is 4. The Hall–Kier alpha value is -1.30. The zero-order valence-electron chi connectivity index (χ0n) is 8.14. The normalized spacial score (nSPS) is 11.5. The maximum absolute atomic E-state index is 11.8. The summed E-state index contributed by atoms with van der Waals surface area (Å²) in [6, 6.07) is 3.31. The van der Waals surface area contributed by atoms with Crippen molar-refractivity contribution in [2.45, 2.75) is 12.8 Å². The lowest BCUT2D eigenvalue weighted by Crippen LogP contribution is -2.17. The number of nitrogens with one attached hydrogen (secondary N) is 1. The van der Waals surface area contributed by atoms with Gasteiger partial charge >= 0.3 is 6.18 Å². The fourth-order valence-corrected chi connectivity index (χ4v) is 1.06. The van der Waals surface area contributed by atoms with Gasteiger partial charge in [0.25, 0.3) is 0 Å². The Balaban J connectivity index is 2.50. The Labute approximate surface area is 85.3 Å². The summed E-state index contributed by atoms with van der Waals surface area (Å²) in [4.78, 5) is 3.94. The molecule has 0 aliphatic heterocycles. The molecule has 0 aliphatic rings. The van der Waals surface area contributed by atoms with Gasteiger partial charge < -0.3 is 10.1 Å². The van der Waals surface area contributed by atoms with Crippen molar-refractivity contribution in [1.82, 2.24) is 4.98 Å². The molecule has 0 amide bonds. The highest BCUT2D eigenvalue weighted by Gasteiger charge is 2.27. The van der Waals surface area contributed by atoms with E-state index in [4.69, 9.17) is 0 Å². The minimum atomic E-state index is -4.29. The average Bonchev–Trinajstić information content (AvgIpc) is 2.16. The van der Waals surface area contributed by atoms with E-state index in [0.29, 0.717) is 11.4 Å². The third-order valence-corrected chi connectivity index (χ3v) is 1.65. The number of pyridine rings is 1. The van der Waals surface area contributed by atoms with Crippen molar-refractivity contribution in [3.05, 3.63) is 23.9 Å². The molecule has 84 valence electrons. The predicted octanol–water partition coefficient (Wildman–Crippen LogP) is 2.20. The smallest absolute Gasteiger partial charge is 0.373 e. The quantitative estimate of drug-likeness (QED) is 0.844. The van der Waals surface area contributed by atoms with Crippen LogP contribution in [0.15, 0.2) is 18.3 Å². The molecule has 0 radical (unpaired) electrons. The van der Waals surface area contributed by atoms with Gasteiger partial charge in [0.05, 0.1) is 6.61 Å². The molecule has 0 aliphatic carbocycles. The molecule has 0 atom stereocenters. The number of ether oxygens (including phenoxy) is 1. The third-order valence-electron chi connectivity index (χ3n) is 1.65. The lowest BCUT2D eigenvalue weighted by Gasteiger charge is -2.09. The van der Waals surface area contributed by atoms with Crippen LogP contribution in [0.25, 0.3) is 0 Å². The van der Waals surface area contributed by atoms with Crippen LogP contribution in [0.4, 0.5) is 19.0 Å². The van der Waals surface area contributed by atoms with Crippen LogP contribution in [0.5, 0.6) is 0 Å². The van der Waals surface area contributed by atoms with E-state index in [1.165, 1.54) is 0 Å². The fraction of sp³-hybridized carbons (Fsp3) is 0.444. The first kappa shape index (κ1) is 11.8. The highest BCUT2D eigenvalue weighted by molar-refractivity contribution is 5.42. The zero-order valence-corrected chi connectivity index (χ0v) is 8.14. The number of hydrogen-bond donors (Lipinski definition) is 1. The minimum absolute atomic E-state index is 0.108. The van der Waals surface area contributed by atoms with E-state index >= 15 is 0 Å². The van der Waals surface area contributed by atoms with E-state index < -0.39 is 12.8 Å². The molecule has 0 spiro atoms. The molecule has 0 aromatic carbocycles. The number of aromatic nitrogens is 1. The standard InChI is InChI=1S/C9H11F3N2O/c1-13-8-7(3-2-4-14-8)5-15-6-9(10,11)12/h2-4H,5-6H2,1H3,(H,13,14). The first-order chi connectivity index (χ1) is 7.03. The van der Waals surface area contributed by atoms with Crippen molar-refractivity contribution in [2.24, 2.45) is 0 Å². The van der Waals surface area contributed by atoms with Gasteiger partial charge in [-0.15, -0.1) is 0 Å². The molecule has 0 fully saturated rings. The van der Waals surface area contributed by atoms with Gasteiger partial charge in [-0.05, 0) is 6.07 Å². The largest absolute Gasteiger partial charge is 0.411 e. The topological polar surface area (TPSA) is 34.2 Å². The monoisotopic (exact) mass is 220 g/mol. The summed E-state index contributed by atoms with van der Waals surface area (Å²) in [5.74, 6) is 0.527. The van der Waals surface area contributed by atoms with Crippen molar-refractivity contribution < 1.29 is 17.9 Å². The second-order valence-electron chi connectivity index (χ2n) is 2.87. The first-order valence-corrected chi connectivity index (χ1v) is 4.29. The molecule has 1 N–H and O–H groups in total. The molecular weight excluding hydrogens is 209 g/mol. The lowest BCUT2D eigenvalue weighted by molar-refractivity contribution is -0.176. The second kappa shape index (κ2) is 4.97. The Kier molecular flexibility index (Phi) is 3.90. The molecule has 3 nitrogen and oxygen atoms in total. The predicted molar refractivity (Wildman–Crippen MR) is 49.5 cm³/mol. The van der Waals surface area contributed by atoms with Crippen LogP contribution in [0.1, 0.15) is 5.56 Å². The van der Waals surface area contributed by atoms with Crippen LogP contribution in [0.3, 0.4) is 0 Å². The van der Waals surface area contributed by atoms with Crippen molar-refractivity contribution >= 4 is 5.82 Å². The molecule has 1 rings (SSSR count). The van der Waals surface area contributed by atoms with Crippen molar-refractivity contribution in [1.29, 1.82) is 0 Å². The molecule has 1 heterocycles. The summed E-state index contributed by atoms with van der Waals surface area (Å²) < 4.78 is 39.9. The summed E-state index contributed by atoms with van der Waals surface area (Å²) in [6.07, 6.45) is -2.74. The van der Waals surface area contributed by atoms with Crippen molar-refractivity contribution in [3.8, 4) is 0 Å². The highest BCUT2D eigenvalue weighted by Crippen LogP contribution is 2.17. The Morgan fingerprint density at radius 1 is 1.47 bits per heavy atom. The molecular formula is C9H11F3N2O. The van der Waals surface area contributed by atoms with Gasteiger partial charge in [-0.1, -0.05) is 6.07 Å².